The van der Waals surface area contributed by atoms with Gasteiger partial charge in [-0.1, -0.05) is 12.1 Å². The number of halogens is 1. The van der Waals surface area contributed by atoms with Crippen molar-refractivity contribution in [2.24, 2.45) is 0 Å². The van der Waals surface area contributed by atoms with Crippen LogP contribution in [0.1, 0.15) is 24.2 Å². The number of ketones is 1. The van der Waals surface area contributed by atoms with Crippen LogP contribution in [0.4, 0.5) is 4.39 Å². The van der Waals surface area contributed by atoms with Crippen LogP contribution >= 0.6 is 0 Å². The van der Waals surface area contributed by atoms with E-state index in [9.17, 15) is 9.18 Å². The summed E-state index contributed by atoms with van der Waals surface area (Å²) in [5.41, 5.74) is 0.208. The number of hydrogen-bond donors (Lipinski definition) is 0. The molecule has 18 heavy (non-hydrogen) atoms. The van der Waals surface area contributed by atoms with E-state index >= 15 is 0 Å². The zero-order valence-electron chi connectivity index (χ0n) is 10.8. The topological polar surface area (TPSA) is 29.5 Å². The van der Waals surface area contributed by atoms with E-state index in [-0.39, 0.29) is 17.2 Å². The molecule has 0 radical (unpaired) electrons. The molecule has 0 aromatic heterocycles. The minimum absolute atomic E-state index is 0.0489. The maximum Gasteiger partial charge on any atom is 0.176 e. The minimum Gasteiger partial charge on any atom is -0.373 e. The molecule has 3 nitrogen and oxygen atoms in total. The van der Waals surface area contributed by atoms with Crippen LogP contribution in [-0.4, -0.2) is 42.5 Å². The van der Waals surface area contributed by atoms with Crippen LogP contribution in [0.3, 0.4) is 0 Å². The van der Waals surface area contributed by atoms with Gasteiger partial charge in [-0.15, -0.1) is 0 Å². The Morgan fingerprint density at radius 2 is 2.28 bits per heavy atom. The first-order valence-electron chi connectivity index (χ1n) is 6.11. The van der Waals surface area contributed by atoms with Crippen LogP contribution < -0.4 is 0 Å². The van der Waals surface area contributed by atoms with Crippen molar-refractivity contribution in [1.29, 1.82) is 0 Å². The molecule has 1 fully saturated rings. The van der Waals surface area contributed by atoms with Gasteiger partial charge in [-0.25, -0.2) is 4.39 Å². The smallest absolute Gasteiger partial charge is 0.176 e. The molecule has 0 amide bonds. The van der Waals surface area contributed by atoms with Gasteiger partial charge in [0.25, 0.3) is 0 Å². The summed E-state index contributed by atoms with van der Waals surface area (Å²) in [6, 6.07) is 5.84. The van der Waals surface area contributed by atoms with Crippen molar-refractivity contribution in [2.75, 3.05) is 26.2 Å². The number of carbonyl (C=O) groups excluding carboxylic acids is 1. The summed E-state index contributed by atoms with van der Waals surface area (Å²) >= 11 is 0. The van der Waals surface area contributed by atoms with E-state index in [0.717, 1.165) is 6.54 Å². The predicted octanol–water partition coefficient (Wildman–Crippen LogP) is 2.12. The first-order valence-corrected chi connectivity index (χ1v) is 6.11. The monoisotopic (exact) mass is 251 g/mol. The molecule has 0 unspecified atom stereocenters. The number of rotatable bonds is 3. The Kier molecular flexibility index (Phi) is 3.78. The molecule has 0 saturated carbocycles. The number of morpholine rings is 1. The molecule has 2 rings (SSSR count). The van der Waals surface area contributed by atoms with Gasteiger partial charge in [-0.3, -0.25) is 9.69 Å². The van der Waals surface area contributed by atoms with Gasteiger partial charge in [0.05, 0.1) is 18.8 Å². The highest BCUT2D eigenvalue weighted by Crippen LogP contribution is 2.16. The zero-order valence-corrected chi connectivity index (χ0v) is 10.8. The molecule has 0 spiro atoms. The first-order chi connectivity index (χ1) is 8.46. The third-order valence-corrected chi connectivity index (χ3v) is 3.02. The van der Waals surface area contributed by atoms with Crippen LogP contribution in [0.2, 0.25) is 0 Å². The minimum atomic E-state index is -0.372. The lowest BCUT2D eigenvalue weighted by Crippen LogP contribution is -2.49. The Hall–Kier alpha value is -1.26. The molecule has 0 atom stereocenters. The summed E-state index contributed by atoms with van der Waals surface area (Å²) in [5, 5.41) is 0. The molecule has 1 aliphatic heterocycles. The highest BCUT2D eigenvalue weighted by molar-refractivity contribution is 5.97. The quantitative estimate of drug-likeness (QED) is 0.771. The Bertz CT molecular complexity index is 445. The maximum atomic E-state index is 13.0. The number of carbonyl (C=O) groups is 1. The SMILES string of the molecule is CC1(C)CN(CC(=O)c2cccc(F)c2)CCO1. The summed E-state index contributed by atoms with van der Waals surface area (Å²) in [5.74, 6) is -0.421. The van der Waals surface area contributed by atoms with Crippen molar-refractivity contribution >= 4 is 5.78 Å². The van der Waals surface area contributed by atoms with Crippen molar-refractivity contribution in [2.45, 2.75) is 19.4 Å². The second kappa shape index (κ2) is 5.16. The average molecular weight is 251 g/mol. The summed E-state index contributed by atoms with van der Waals surface area (Å²) in [4.78, 5) is 14.1. The van der Waals surface area contributed by atoms with E-state index in [4.69, 9.17) is 4.74 Å². The van der Waals surface area contributed by atoms with Crippen LogP contribution in [0.5, 0.6) is 0 Å². The standard InChI is InChI=1S/C14H18FNO2/c1-14(2)10-16(6-7-18-14)9-13(17)11-4-3-5-12(15)8-11/h3-5,8H,6-7,9-10H2,1-2H3. The Labute approximate surface area is 107 Å². The molecule has 4 heteroatoms. The van der Waals surface area contributed by atoms with E-state index in [1.165, 1.54) is 12.1 Å². The lowest BCUT2D eigenvalue weighted by molar-refractivity contribution is -0.0833. The lowest BCUT2D eigenvalue weighted by atomic mass is 10.1. The van der Waals surface area contributed by atoms with Crippen molar-refractivity contribution in [3.8, 4) is 0 Å². The molecule has 1 aliphatic rings. The fraction of sp³-hybridized carbons (Fsp3) is 0.500. The molecular formula is C14H18FNO2. The normalized spacial score (nSPS) is 19.7. The molecule has 1 aromatic carbocycles. The van der Waals surface area contributed by atoms with Gasteiger partial charge in [0, 0.05) is 18.7 Å². The largest absolute Gasteiger partial charge is 0.373 e. The molecule has 0 N–H and O–H groups in total. The number of hydrogen-bond acceptors (Lipinski definition) is 3. The van der Waals surface area contributed by atoms with Crippen molar-refractivity contribution in [3.05, 3.63) is 35.6 Å². The molecule has 1 aromatic rings. The fourth-order valence-corrected chi connectivity index (χ4v) is 2.21. The fourth-order valence-electron chi connectivity index (χ4n) is 2.21. The molecule has 0 bridgehead atoms. The van der Waals surface area contributed by atoms with Crippen LogP contribution in [0, 0.1) is 5.82 Å². The molecule has 1 saturated heterocycles. The zero-order chi connectivity index (χ0) is 13.2. The third kappa shape index (κ3) is 3.37. The number of nitrogens with zero attached hydrogens (tertiary/aromatic N) is 1. The number of ether oxygens (including phenoxy) is 1. The van der Waals surface area contributed by atoms with Crippen LogP contribution in [0.25, 0.3) is 0 Å². The Morgan fingerprint density at radius 3 is 2.94 bits per heavy atom. The Balaban J connectivity index is 1.99. The van der Waals surface area contributed by atoms with Gasteiger partial charge in [-0.05, 0) is 26.0 Å². The maximum absolute atomic E-state index is 13.0. The molecule has 98 valence electrons. The summed E-state index contributed by atoms with van der Waals surface area (Å²) in [6.45, 7) is 6.41. The van der Waals surface area contributed by atoms with Gasteiger partial charge in [0.1, 0.15) is 5.82 Å². The van der Waals surface area contributed by atoms with E-state index in [2.05, 4.69) is 4.90 Å². The van der Waals surface area contributed by atoms with Gasteiger partial charge in [0.15, 0.2) is 5.78 Å². The summed E-state index contributed by atoms with van der Waals surface area (Å²) in [6.07, 6.45) is 0. The Morgan fingerprint density at radius 1 is 1.50 bits per heavy atom. The van der Waals surface area contributed by atoms with E-state index in [1.54, 1.807) is 12.1 Å². The second-order valence-corrected chi connectivity index (χ2v) is 5.25. The van der Waals surface area contributed by atoms with Crippen molar-refractivity contribution in [3.63, 3.8) is 0 Å². The summed E-state index contributed by atoms with van der Waals surface area (Å²) < 4.78 is 18.6. The van der Waals surface area contributed by atoms with E-state index in [1.807, 2.05) is 13.8 Å². The van der Waals surface area contributed by atoms with Gasteiger partial charge in [0.2, 0.25) is 0 Å². The van der Waals surface area contributed by atoms with E-state index < -0.39 is 0 Å². The predicted molar refractivity (Wildman–Crippen MR) is 67.2 cm³/mol. The number of benzene rings is 1. The third-order valence-electron chi connectivity index (χ3n) is 3.02. The molecule has 0 aliphatic carbocycles. The highest BCUT2D eigenvalue weighted by atomic mass is 19.1. The molecular weight excluding hydrogens is 233 g/mol. The van der Waals surface area contributed by atoms with Crippen molar-refractivity contribution in [1.82, 2.24) is 4.90 Å². The van der Waals surface area contributed by atoms with Gasteiger partial charge < -0.3 is 4.74 Å². The highest BCUT2D eigenvalue weighted by Gasteiger charge is 2.28. The number of Topliss-reactive ketones (excluding diaryl/α,β-unsaturated/α-hetero) is 1. The van der Waals surface area contributed by atoms with Gasteiger partial charge >= 0.3 is 0 Å². The van der Waals surface area contributed by atoms with Gasteiger partial charge in [-0.2, -0.15) is 0 Å². The van der Waals surface area contributed by atoms with Crippen LogP contribution in [0.15, 0.2) is 24.3 Å². The van der Waals surface area contributed by atoms with Crippen LogP contribution in [-0.2, 0) is 4.74 Å². The van der Waals surface area contributed by atoms with E-state index in [0.29, 0.717) is 25.3 Å². The summed E-state index contributed by atoms with van der Waals surface area (Å²) in [7, 11) is 0. The second-order valence-electron chi connectivity index (χ2n) is 5.25. The average Bonchev–Trinajstić information content (AvgIpc) is 2.27. The first kappa shape index (κ1) is 13.2. The molecule has 1 heterocycles. The lowest BCUT2D eigenvalue weighted by Gasteiger charge is -2.37. The van der Waals surface area contributed by atoms with Crippen molar-refractivity contribution < 1.29 is 13.9 Å².